The number of amides is 2. The minimum atomic E-state index is -0.258. The van der Waals surface area contributed by atoms with Gasteiger partial charge in [0.25, 0.3) is 0 Å². The number of rotatable bonds is 4. The molecule has 0 spiro atoms. The number of piperazine rings is 1. The fraction of sp³-hybridized carbons (Fsp3) is 0.824. The highest BCUT2D eigenvalue weighted by Gasteiger charge is 2.25. The summed E-state index contributed by atoms with van der Waals surface area (Å²) in [6.45, 7) is 8.50. The molecule has 1 atom stereocenters. The summed E-state index contributed by atoms with van der Waals surface area (Å²) >= 11 is 0. The second-order valence-corrected chi connectivity index (χ2v) is 6.92. The van der Waals surface area contributed by atoms with Crippen LogP contribution in [0, 0.1) is 0 Å². The molecule has 7 heteroatoms. The van der Waals surface area contributed by atoms with Crippen LogP contribution in [0.1, 0.15) is 69.6 Å². The standard InChI is InChI=1S/C17H29N5O2/c1-3-21-9-11-22(12-10-21)17(23)18-13(2)16-19-15(20-24-16)14-7-5-4-6-8-14/h13-14H,3-12H2,1-2H3,(H,18,23)/t13-/m0/s1. The molecule has 2 amide bonds. The van der Waals surface area contributed by atoms with E-state index >= 15 is 0 Å². The Kier molecular flexibility index (Phi) is 5.71. The van der Waals surface area contributed by atoms with Crippen LogP contribution in [0.5, 0.6) is 0 Å². The zero-order valence-corrected chi connectivity index (χ0v) is 14.8. The van der Waals surface area contributed by atoms with Gasteiger partial charge in [0.15, 0.2) is 5.82 Å². The summed E-state index contributed by atoms with van der Waals surface area (Å²) in [6.07, 6.45) is 6.07. The van der Waals surface area contributed by atoms with Gasteiger partial charge in [-0.25, -0.2) is 4.79 Å². The molecule has 1 aromatic rings. The lowest BCUT2D eigenvalue weighted by Crippen LogP contribution is -2.51. The first kappa shape index (κ1) is 17.2. The molecule has 3 rings (SSSR count). The quantitative estimate of drug-likeness (QED) is 0.915. The van der Waals surface area contributed by atoms with Crippen molar-refractivity contribution in [1.82, 2.24) is 25.3 Å². The van der Waals surface area contributed by atoms with Gasteiger partial charge in [0.2, 0.25) is 5.89 Å². The third kappa shape index (κ3) is 4.06. The Labute approximate surface area is 143 Å². The van der Waals surface area contributed by atoms with Crippen molar-refractivity contribution in [1.29, 1.82) is 0 Å². The van der Waals surface area contributed by atoms with Crippen LogP contribution in [0.3, 0.4) is 0 Å². The molecule has 1 saturated carbocycles. The topological polar surface area (TPSA) is 74.5 Å². The molecule has 0 unspecified atom stereocenters. The highest BCUT2D eigenvalue weighted by molar-refractivity contribution is 5.74. The highest BCUT2D eigenvalue weighted by atomic mass is 16.5. The van der Waals surface area contributed by atoms with Crippen LogP contribution in [-0.2, 0) is 0 Å². The van der Waals surface area contributed by atoms with Gasteiger partial charge in [-0.2, -0.15) is 4.98 Å². The molecule has 2 aliphatic rings. The number of urea groups is 1. The molecule has 1 N–H and O–H groups in total. The summed E-state index contributed by atoms with van der Waals surface area (Å²) in [5, 5.41) is 7.13. The third-order valence-corrected chi connectivity index (χ3v) is 5.24. The van der Waals surface area contributed by atoms with Gasteiger partial charge in [0.05, 0.1) is 0 Å². The fourth-order valence-electron chi connectivity index (χ4n) is 3.56. The number of carbonyl (C=O) groups is 1. The Morgan fingerprint density at radius 2 is 1.96 bits per heavy atom. The molecule has 0 radical (unpaired) electrons. The highest BCUT2D eigenvalue weighted by Crippen LogP contribution is 2.31. The van der Waals surface area contributed by atoms with Crippen molar-refractivity contribution in [3.05, 3.63) is 11.7 Å². The molecule has 7 nitrogen and oxygen atoms in total. The van der Waals surface area contributed by atoms with Gasteiger partial charge in [-0.3, -0.25) is 0 Å². The van der Waals surface area contributed by atoms with Gasteiger partial charge < -0.3 is 19.6 Å². The van der Waals surface area contributed by atoms with Gasteiger partial charge in [-0.1, -0.05) is 31.3 Å². The Balaban J connectivity index is 1.52. The van der Waals surface area contributed by atoms with Gasteiger partial charge in [0, 0.05) is 32.1 Å². The van der Waals surface area contributed by atoms with Crippen LogP contribution in [0.15, 0.2) is 4.52 Å². The maximum atomic E-state index is 12.4. The van der Waals surface area contributed by atoms with Crippen molar-refractivity contribution in [2.75, 3.05) is 32.7 Å². The van der Waals surface area contributed by atoms with E-state index < -0.39 is 0 Å². The average molecular weight is 335 g/mol. The molecule has 1 aliphatic carbocycles. The summed E-state index contributed by atoms with van der Waals surface area (Å²) in [4.78, 5) is 21.1. The minimum absolute atomic E-state index is 0.0457. The Morgan fingerprint density at radius 1 is 1.25 bits per heavy atom. The molecule has 2 fully saturated rings. The smallest absolute Gasteiger partial charge is 0.318 e. The number of carbonyl (C=O) groups excluding carboxylic acids is 1. The van der Waals surface area contributed by atoms with Crippen molar-refractivity contribution in [2.45, 2.75) is 57.9 Å². The number of aromatic nitrogens is 2. The second kappa shape index (κ2) is 7.96. The van der Waals surface area contributed by atoms with Crippen LogP contribution >= 0.6 is 0 Å². The van der Waals surface area contributed by atoms with Gasteiger partial charge in [0.1, 0.15) is 6.04 Å². The van der Waals surface area contributed by atoms with E-state index in [0.29, 0.717) is 11.8 Å². The van der Waals surface area contributed by atoms with Crippen LogP contribution in [0.2, 0.25) is 0 Å². The van der Waals surface area contributed by atoms with E-state index in [-0.39, 0.29) is 12.1 Å². The molecule has 24 heavy (non-hydrogen) atoms. The van der Waals surface area contributed by atoms with Gasteiger partial charge in [-0.15, -0.1) is 0 Å². The minimum Gasteiger partial charge on any atom is -0.337 e. The zero-order chi connectivity index (χ0) is 16.9. The summed E-state index contributed by atoms with van der Waals surface area (Å²) in [5.74, 6) is 1.74. The van der Waals surface area contributed by atoms with E-state index in [2.05, 4.69) is 27.3 Å². The normalized spacial score (nSPS) is 21.7. The zero-order valence-electron chi connectivity index (χ0n) is 14.8. The summed E-state index contributed by atoms with van der Waals surface area (Å²) in [6, 6.07) is -0.304. The van der Waals surface area contributed by atoms with Crippen molar-refractivity contribution in [3.63, 3.8) is 0 Å². The molecule has 2 heterocycles. The summed E-state index contributed by atoms with van der Waals surface area (Å²) in [5.41, 5.74) is 0. The van der Waals surface area contributed by atoms with Crippen molar-refractivity contribution < 1.29 is 9.32 Å². The lowest BCUT2D eigenvalue weighted by atomic mass is 9.89. The van der Waals surface area contributed by atoms with Crippen molar-refractivity contribution in [2.24, 2.45) is 0 Å². The van der Waals surface area contributed by atoms with E-state index in [1.165, 1.54) is 19.3 Å². The molecule has 134 valence electrons. The molecular weight excluding hydrogens is 306 g/mol. The first-order valence-corrected chi connectivity index (χ1v) is 9.28. The van der Waals surface area contributed by atoms with E-state index in [9.17, 15) is 4.79 Å². The third-order valence-electron chi connectivity index (χ3n) is 5.24. The predicted molar refractivity (Wildman–Crippen MR) is 90.8 cm³/mol. The predicted octanol–water partition coefficient (Wildman–Crippen LogP) is 2.53. The Hall–Kier alpha value is -1.63. The largest absolute Gasteiger partial charge is 0.337 e. The molecule has 0 bridgehead atoms. The molecule has 0 aromatic carbocycles. The van der Waals surface area contributed by atoms with E-state index in [1.807, 2.05) is 11.8 Å². The first-order valence-electron chi connectivity index (χ1n) is 9.28. The van der Waals surface area contributed by atoms with Crippen molar-refractivity contribution >= 4 is 6.03 Å². The van der Waals surface area contributed by atoms with Crippen molar-refractivity contribution in [3.8, 4) is 0 Å². The summed E-state index contributed by atoms with van der Waals surface area (Å²) in [7, 11) is 0. The maximum Gasteiger partial charge on any atom is 0.318 e. The first-order chi connectivity index (χ1) is 11.7. The Bertz CT molecular complexity index is 533. The number of nitrogens with zero attached hydrogens (tertiary/aromatic N) is 4. The van der Waals surface area contributed by atoms with Gasteiger partial charge >= 0.3 is 6.03 Å². The number of nitrogens with one attached hydrogen (secondary N) is 1. The molecule has 1 aromatic heterocycles. The maximum absolute atomic E-state index is 12.4. The van der Waals surface area contributed by atoms with E-state index in [4.69, 9.17) is 4.52 Å². The Morgan fingerprint density at radius 3 is 2.62 bits per heavy atom. The van der Waals surface area contributed by atoms with E-state index in [0.717, 1.165) is 51.4 Å². The van der Waals surface area contributed by atoms with Crippen LogP contribution in [-0.4, -0.2) is 58.7 Å². The van der Waals surface area contributed by atoms with E-state index in [1.54, 1.807) is 0 Å². The molecular formula is C17H29N5O2. The fourth-order valence-corrected chi connectivity index (χ4v) is 3.56. The SMILES string of the molecule is CCN1CCN(C(=O)N[C@@H](C)c2nc(C3CCCCC3)no2)CC1. The average Bonchev–Trinajstić information content (AvgIpc) is 3.13. The number of likely N-dealkylation sites (N-methyl/N-ethyl adjacent to an activating group) is 1. The number of hydrogen-bond donors (Lipinski definition) is 1. The lowest BCUT2D eigenvalue weighted by molar-refractivity contribution is 0.140. The number of hydrogen-bond acceptors (Lipinski definition) is 5. The van der Waals surface area contributed by atoms with Gasteiger partial charge in [-0.05, 0) is 26.3 Å². The summed E-state index contributed by atoms with van der Waals surface area (Å²) < 4.78 is 5.40. The van der Waals surface area contributed by atoms with Crippen LogP contribution < -0.4 is 5.32 Å². The monoisotopic (exact) mass is 335 g/mol. The lowest BCUT2D eigenvalue weighted by Gasteiger charge is -2.34. The second-order valence-electron chi connectivity index (χ2n) is 6.92. The molecule has 1 aliphatic heterocycles. The molecule has 1 saturated heterocycles. The van der Waals surface area contributed by atoms with Crippen LogP contribution in [0.25, 0.3) is 0 Å². The van der Waals surface area contributed by atoms with Crippen LogP contribution in [0.4, 0.5) is 4.79 Å².